The fourth-order valence-corrected chi connectivity index (χ4v) is 3.68. The molecule has 1 fully saturated rings. The van der Waals surface area contributed by atoms with E-state index in [0.29, 0.717) is 5.16 Å². The monoisotopic (exact) mass is 411 g/mol. The summed E-state index contributed by atoms with van der Waals surface area (Å²) < 4.78 is 28.5. The highest BCUT2D eigenvalue weighted by Gasteiger charge is 2.39. The highest BCUT2D eigenvalue weighted by molar-refractivity contribution is 7.99. The summed E-state index contributed by atoms with van der Waals surface area (Å²) in [5, 5.41) is 9.41. The number of benzene rings is 1. The van der Waals surface area contributed by atoms with Gasteiger partial charge >= 0.3 is 0 Å². The van der Waals surface area contributed by atoms with Crippen molar-refractivity contribution in [2.24, 2.45) is 0 Å². The van der Waals surface area contributed by atoms with Crippen molar-refractivity contribution in [3.05, 3.63) is 41.6 Å². The van der Waals surface area contributed by atoms with Gasteiger partial charge in [0.05, 0.1) is 11.6 Å². The highest BCUT2D eigenvalue weighted by Crippen LogP contribution is 2.43. The molecule has 1 aromatic carbocycles. The molecule has 2 heterocycles. The molecule has 3 aromatic rings. The molecule has 0 radical (unpaired) electrons. The Balaban J connectivity index is 0.00000210. The van der Waals surface area contributed by atoms with Crippen LogP contribution in [0.1, 0.15) is 31.7 Å². The Kier molecular flexibility index (Phi) is 5.86. The minimum Gasteiger partial charge on any atom is -0.366 e. The minimum absolute atomic E-state index is 0. The SMILES string of the molecule is CCSc1nc(N[C@@H]2C[C@H]2c2ccc(F)c(F)c2)c2cnn(CC)c2n1.Cl. The summed E-state index contributed by atoms with van der Waals surface area (Å²) in [7, 11) is 0. The van der Waals surface area contributed by atoms with E-state index in [0.717, 1.165) is 41.1 Å². The van der Waals surface area contributed by atoms with Crippen LogP contribution in [0.5, 0.6) is 0 Å². The van der Waals surface area contributed by atoms with Crippen LogP contribution in [0.2, 0.25) is 0 Å². The van der Waals surface area contributed by atoms with Crippen molar-refractivity contribution in [1.82, 2.24) is 19.7 Å². The van der Waals surface area contributed by atoms with Crippen LogP contribution >= 0.6 is 24.2 Å². The predicted molar refractivity (Wildman–Crippen MR) is 106 cm³/mol. The maximum absolute atomic E-state index is 13.5. The van der Waals surface area contributed by atoms with Crippen molar-refractivity contribution in [2.75, 3.05) is 11.1 Å². The summed E-state index contributed by atoms with van der Waals surface area (Å²) >= 11 is 1.58. The van der Waals surface area contributed by atoms with Gasteiger partial charge in [-0.15, -0.1) is 12.4 Å². The Morgan fingerprint density at radius 1 is 1.22 bits per heavy atom. The highest BCUT2D eigenvalue weighted by atomic mass is 35.5. The van der Waals surface area contributed by atoms with E-state index in [1.165, 1.54) is 12.1 Å². The van der Waals surface area contributed by atoms with Gasteiger partial charge in [0.1, 0.15) is 5.82 Å². The summed E-state index contributed by atoms with van der Waals surface area (Å²) in [6.07, 6.45) is 2.63. The average Bonchev–Trinajstić information content (AvgIpc) is 3.26. The quantitative estimate of drug-likeness (QED) is 0.473. The second-order valence-electron chi connectivity index (χ2n) is 6.25. The van der Waals surface area contributed by atoms with Gasteiger partial charge in [0.25, 0.3) is 0 Å². The molecule has 2 aromatic heterocycles. The van der Waals surface area contributed by atoms with Crippen molar-refractivity contribution in [3.63, 3.8) is 0 Å². The molecule has 27 heavy (non-hydrogen) atoms. The fourth-order valence-electron chi connectivity index (χ4n) is 3.11. The molecule has 1 aliphatic rings. The number of halogens is 3. The second kappa shape index (κ2) is 7.98. The van der Waals surface area contributed by atoms with Gasteiger partial charge in [-0.1, -0.05) is 24.8 Å². The molecule has 0 spiro atoms. The van der Waals surface area contributed by atoms with Crippen LogP contribution in [0.3, 0.4) is 0 Å². The van der Waals surface area contributed by atoms with E-state index in [-0.39, 0.29) is 24.4 Å². The summed E-state index contributed by atoms with van der Waals surface area (Å²) in [5.41, 5.74) is 1.62. The number of nitrogens with one attached hydrogen (secondary N) is 1. The molecule has 144 valence electrons. The predicted octanol–water partition coefficient (Wildman–Crippen LogP) is 4.63. The standard InChI is InChI=1S/C18H19F2N5S.ClH/c1-3-25-17-12(9-21-25)16(23-18(24-17)26-4-2)22-15-8-11(15)10-5-6-13(19)14(20)7-10;/h5-7,9,11,15H,3-4,8H2,1-2H3,(H,22,23,24);1H/t11-,15+;/m0./s1. The van der Waals surface area contributed by atoms with E-state index in [1.54, 1.807) is 24.0 Å². The third-order valence-electron chi connectivity index (χ3n) is 4.53. The molecule has 0 saturated heterocycles. The summed E-state index contributed by atoms with van der Waals surface area (Å²) in [6, 6.07) is 4.25. The van der Waals surface area contributed by atoms with Gasteiger partial charge in [-0.3, -0.25) is 0 Å². The summed E-state index contributed by atoms with van der Waals surface area (Å²) in [6.45, 7) is 4.81. The molecule has 0 amide bonds. The number of anilines is 1. The third kappa shape index (κ3) is 3.87. The van der Waals surface area contributed by atoms with E-state index in [9.17, 15) is 8.78 Å². The molecular formula is C18H20ClF2N5S. The first-order valence-electron chi connectivity index (χ1n) is 8.68. The van der Waals surface area contributed by atoms with Gasteiger partial charge in [0, 0.05) is 18.5 Å². The maximum Gasteiger partial charge on any atom is 0.191 e. The van der Waals surface area contributed by atoms with Crippen molar-refractivity contribution < 1.29 is 8.78 Å². The van der Waals surface area contributed by atoms with Gasteiger partial charge in [-0.25, -0.2) is 23.4 Å². The Hall–Kier alpha value is -1.93. The smallest absolute Gasteiger partial charge is 0.191 e. The zero-order valence-electron chi connectivity index (χ0n) is 14.9. The lowest BCUT2D eigenvalue weighted by atomic mass is 10.1. The Morgan fingerprint density at radius 3 is 2.74 bits per heavy atom. The number of nitrogens with zero attached hydrogens (tertiary/aromatic N) is 4. The van der Waals surface area contributed by atoms with Crippen LogP contribution in [0.15, 0.2) is 29.6 Å². The average molecular weight is 412 g/mol. The van der Waals surface area contributed by atoms with E-state index in [4.69, 9.17) is 0 Å². The molecule has 0 aliphatic heterocycles. The zero-order valence-corrected chi connectivity index (χ0v) is 16.6. The van der Waals surface area contributed by atoms with Crippen molar-refractivity contribution in [2.45, 2.75) is 43.9 Å². The molecule has 2 atom stereocenters. The van der Waals surface area contributed by atoms with E-state index in [2.05, 4.69) is 27.3 Å². The lowest BCUT2D eigenvalue weighted by molar-refractivity contribution is 0.507. The number of hydrogen-bond acceptors (Lipinski definition) is 5. The lowest BCUT2D eigenvalue weighted by Crippen LogP contribution is -2.08. The van der Waals surface area contributed by atoms with Crippen molar-refractivity contribution in [1.29, 1.82) is 0 Å². The molecule has 0 unspecified atom stereocenters. The van der Waals surface area contributed by atoms with E-state index in [1.807, 2.05) is 11.6 Å². The van der Waals surface area contributed by atoms with E-state index < -0.39 is 11.6 Å². The number of aromatic nitrogens is 4. The van der Waals surface area contributed by atoms with Crippen LogP contribution in [0, 0.1) is 11.6 Å². The van der Waals surface area contributed by atoms with Crippen LogP contribution in [0.25, 0.3) is 11.0 Å². The first-order valence-corrected chi connectivity index (χ1v) is 9.67. The van der Waals surface area contributed by atoms with Crippen LogP contribution in [-0.2, 0) is 6.54 Å². The molecule has 1 N–H and O–H groups in total. The minimum atomic E-state index is -0.815. The number of fused-ring (bicyclic) bond motifs is 1. The van der Waals surface area contributed by atoms with Crippen LogP contribution in [0.4, 0.5) is 14.6 Å². The number of rotatable bonds is 6. The second-order valence-corrected chi connectivity index (χ2v) is 7.48. The Bertz CT molecular complexity index is 964. The van der Waals surface area contributed by atoms with Gasteiger partial charge in [0.2, 0.25) is 0 Å². The molecular weight excluding hydrogens is 392 g/mol. The Labute approximate surface area is 166 Å². The number of aryl methyl sites for hydroxylation is 1. The van der Waals surface area contributed by atoms with Crippen LogP contribution in [-0.4, -0.2) is 31.5 Å². The third-order valence-corrected chi connectivity index (χ3v) is 5.26. The van der Waals surface area contributed by atoms with Gasteiger partial charge < -0.3 is 5.32 Å². The normalized spacial score (nSPS) is 18.4. The number of hydrogen-bond donors (Lipinski definition) is 1. The largest absolute Gasteiger partial charge is 0.366 e. The first kappa shape index (κ1) is 19.8. The molecule has 5 nitrogen and oxygen atoms in total. The topological polar surface area (TPSA) is 55.6 Å². The van der Waals surface area contributed by atoms with Crippen molar-refractivity contribution >= 4 is 41.0 Å². The van der Waals surface area contributed by atoms with Crippen molar-refractivity contribution in [3.8, 4) is 0 Å². The molecule has 1 aliphatic carbocycles. The van der Waals surface area contributed by atoms with Crippen LogP contribution < -0.4 is 5.32 Å². The van der Waals surface area contributed by atoms with Gasteiger partial charge in [-0.05, 0) is 36.8 Å². The fraction of sp³-hybridized carbons (Fsp3) is 0.389. The number of thioether (sulfide) groups is 1. The van der Waals surface area contributed by atoms with E-state index >= 15 is 0 Å². The maximum atomic E-state index is 13.5. The molecule has 4 rings (SSSR count). The molecule has 0 bridgehead atoms. The zero-order chi connectivity index (χ0) is 18.3. The summed E-state index contributed by atoms with van der Waals surface area (Å²) in [5.74, 6) is 0.166. The first-order chi connectivity index (χ1) is 12.6. The van der Waals surface area contributed by atoms with Gasteiger partial charge in [0.15, 0.2) is 22.4 Å². The van der Waals surface area contributed by atoms with Gasteiger partial charge in [-0.2, -0.15) is 5.10 Å². The molecule has 1 saturated carbocycles. The molecule has 9 heteroatoms. The lowest BCUT2D eigenvalue weighted by Gasteiger charge is -2.09. The Morgan fingerprint density at radius 2 is 2.04 bits per heavy atom. The summed E-state index contributed by atoms with van der Waals surface area (Å²) in [4.78, 5) is 9.24.